The molecule has 2 aromatic rings. The molecule has 27 heavy (non-hydrogen) atoms. The predicted octanol–water partition coefficient (Wildman–Crippen LogP) is 3.71. The summed E-state index contributed by atoms with van der Waals surface area (Å²) in [6.07, 6.45) is 0.00875. The zero-order valence-corrected chi connectivity index (χ0v) is 16.4. The summed E-state index contributed by atoms with van der Waals surface area (Å²) in [7, 11) is 3.28. The molecule has 2 amide bonds. The summed E-state index contributed by atoms with van der Waals surface area (Å²) < 4.78 is 11.0. The lowest BCUT2D eigenvalue weighted by molar-refractivity contribution is -0.128. The van der Waals surface area contributed by atoms with Crippen molar-refractivity contribution in [3.05, 3.63) is 53.6 Å². The normalized spacial score (nSPS) is 10.4. The van der Waals surface area contributed by atoms with E-state index in [-0.39, 0.29) is 17.9 Å². The molecule has 0 radical (unpaired) electrons. The van der Waals surface area contributed by atoms with Gasteiger partial charge < -0.3 is 19.7 Å². The maximum atomic E-state index is 12.6. The van der Waals surface area contributed by atoms with Gasteiger partial charge in [0.1, 0.15) is 0 Å². The molecule has 2 aromatic carbocycles. The fourth-order valence-electron chi connectivity index (χ4n) is 2.50. The topological polar surface area (TPSA) is 67.9 Å². The van der Waals surface area contributed by atoms with Crippen LogP contribution in [-0.4, -0.2) is 37.0 Å². The highest BCUT2D eigenvalue weighted by Gasteiger charge is 2.13. The van der Waals surface area contributed by atoms with E-state index >= 15 is 0 Å². The monoisotopic (exact) mass is 370 g/mol. The molecule has 1 N–H and O–H groups in total. The number of amides is 2. The van der Waals surface area contributed by atoms with Gasteiger partial charge in [0, 0.05) is 31.8 Å². The fraction of sp³-hybridized carbons (Fsp3) is 0.333. The molecule has 0 aromatic heterocycles. The molecule has 0 saturated heterocycles. The smallest absolute Gasteiger partial charge is 0.255 e. The predicted molar refractivity (Wildman–Crippen MR) is 105 cm³/mol. The highest BCUT2D eigenvalue weighted by Crippen LogP contribution is 2.29. The van der Waals surface area contributed by atoms with Gasteiger partial charge in [-0.2, -0.15) is 0 Å². The number of nitrogens with one attached hydrogen (secondary N) is 1. The van der Waals surface area contributed by atoms with Crippen LogP contribution < -0.4 is 14.8 Å². The SMILES string of the molecule is COc1cc(C(=O)Nc2cccc(CN(C)C(C)=O)c2)ccc1OC(C)C. The summed E-state index contributed by atoms with van der Waals surface area (Å²) in [6, 6.07) is 12.5. The summed E-state index contributed by atoms with van der Waals surface area (Å²) in [5, 5.41) is 2.87. The first-order valence-corrected chi connectivity index (χ1v) is 8.77. The Morgan fingerprint density at radius 3 is 2.48 bits per heavy atom. The summed E-state index contributed by atoms with van der Waals surface area (Å²) in [6.45, 7) is 5.85. The highest BCUT2D eigenvalue weighted by molar-refractivity contribution is 6.04. The molecule has 0 aliphatic heterocycles. The van der Waals surface area contributed by atoms with Crippen molar-refractivity contribution < 1.29 is 19.1 Å². The summed E-state index contributed by atoms with van der Waals surface area (Å²) >= 11 is 0. The average molecular weight is 370 g/mol. The van der Waals surface area contributed by atoms with Crippen LogP contribution in [0.1, 0.15) is 36.7 Å². The van der Waals surface area contributed by atoms with E-state index in [4.69, 9.17) is 9.47 Å². The summed E-state index contributed by atoms with van der Waals surface area (Å²) in [5.41, 5.74) is 2.06. The number of methoxy groups -OCH3 is 1. The van der Waals surface area contributed by atoms with Crippen molar-refractivity contribution in [3.63, 3.8) is 0 Å². The van der Waals surface area contributed by atoms with E-state index in [2.05, 4.69) is 5.32 Å². The molecular formula is C21H26N2O4. The minimum atomic E-state index is -0.249. The maximum absolute atomic E-state index is 12.6. The molecule has 0 bridgehead atoms. The van der Waals surface area contributed by atoms with Crippen LogP contribution in [0.2, 0.25) is 0 Å². The van der Waals surface area contributed by atoms with Crippen LogP contribution in [-0.2, 0) is 11.3 Å². The van der Waals surface area contributed by atoms with Crippen molar-refractivity contribution in [2.24, 2.45) is 0 Å². The van der Waals surface area contributed by atoms with Crippen LogP contribution in [0, 0.1) is 0 Å². The van der Waals surface area contributed by atoms with E-state index in [0.29, 0.717) is 29.3 Å². The van der Waals surface area contributed by atoms with Crippen LogP contribution in [0.3, 0.4) is 0 Å². The minimum Gasteiger partial charge on any atom is -0.493 e. The van der Waals surface area contributed by atoms with Gasteiger partial charge in [-0.25, -0.2) is 0 Å². The largest absolute Gasteiger partial charge is 0.493 e. The van der Waals surface area contributed by atoms with E-state index in [1.54, 1.807) is 37.3 Å². The molecule has 0 saturated carbocycles. The van der Waals surface area contributed by atoms with Crippen LogP contribution >= 0.6 is 0 Å². The van der Waals surface area contributed by atoms with E-state index in [1.807, 2.05) is 38.1 Å². The van der Waals surface area contributed by atoms with Gasteiger partial charge in [-0.05, 0) is 49.7 Å². The number of nitrogens with zero attached hydrogens (tertiary/aromatic N) is 1. The Morgan fingerprint density at radius 1 is 1.11 bits per heavy atom. The van der Waals surface area contributed by atoms with Crippen LogP contribution in [0.4, 0.5) is 5.69 Å². The Morgan fingerprint density at radius 2 is 1.85 bits per heavy atom. The molecule has 0 unspecified atom stereocenters. The average Bonchev–Trinajstić information content (AvgIpc) is 2.61. The minimum absolute atomic E-state index is 0.00875. The van der Waals surface area contributed by atoms with E-state index in [9.17, 15) is 9.59 Å². The third-order valence-corrected chi connectivity index (χ3v) is 3.93. The summed E-state index contributed by atoms with van der Waals surface area (Å²) in [4.78, 5) is 25.6. The van der Waals surface area contributed by atoms with Gasteiger partial charge in [-0.15, -0.1) is 0 Å². The number of benzene rings is 2. The number of carbonyl (C=O) groups excluding carboxylic acids is 2. The van der Waals surface area contributed by atoms with Crippen molar-refractivity contribution in [3.8, 4) is 11.5 Å². The Bertz CT molecular complexity index is 818. The molecule has 6 heteroatoms. The van der Waals surface area contributed by atoms with Crippen molar-refractivity contribution in [2.75, 3.05) is 19.5 Å². The third kappa shape index (κ3) is 5.74. The standard InChI is InChI=1S/C21H26N2O4/c1-14(2)27-19-10-9-17(12-20(19)26-5)21(25)22-18-8-6-7-16(11-18)13-23(4)15(3)24/h6-12,14H,13H2,1-5H3,(H,22,25). The Hall–Kier alpha value is -3.02. The molecule has 6 nitrogen and oxygen atoms in total. The molecule has 0 aliphatic carbocycles. The Balaban J connectivity index is 2.14. The van der Waals surface area contributed by atoms with Gasteiger partial charge in [0.15, 0.2) is 11.5 Å². The Kier molecular flexibility index (Phi) is 6.82. The number of rotatable bonds is 7. The number of hydrogen-bond acceptors (Lipinski definition) is 4. The van der Waals surface area contributed by atoms with Crippen LogP contribution in [0.15, 0.2) is 42.5 Å². The number of anilines is 1. The number of ether oxygens (including phenoxy) is 2. The van der Waals surface area contributed by atoms with E-state index in [0.717, 1.165) is 5.56 Å². The lowest BCUT2D eigenvalue weighted by Crippen LogP contribution is -2.23. The molecule has 0 heterocycles. The van der Waals surface area contributed by atoms with E-state index in [1.165, 1.54) is 6.92 Å². The first-order valence-electron chi connectivity index (χ1n) is 8.77. The Labute approximate surface area is 160 Å². The molecule has 0 aliphatic rings. The van der Waals surface area contributed by atoms with Crippen molar-refractivity contribution in [1.29, 1.82) is 0 Å². The fourth-order valence-corrected chi connectivity index (χ4v) is 2.50. The zero-order valence-electron chi connectivity index (χ0n) is 16.4. The van der Waals surface area contributed by atoms with Crippen molar-refractivity contribution in [2.45, 2.75) is 33.4 Å². The molecule has 0 fully saturated rings. The molecule has 0 atom stereocenters. The third-order valence-electron chi connectivity index (χ3n) is 3.93. The first kappa shape index (κ1) is 20.3. The van der Waals surface area contributed by atoms with Gasteiger partial charge in [-0.3, -0.25) is 9.59 Å². The molecular weight excluding hydrogens is 344 g/mol. The number of carbonyl (C=O) groups is 2. The van der Waals surface area contributed by atoms with Gasteiger partial charge in [0.2, 0.25) is 5.91 Å². The van der Waals surface area contributed by atoms with E-state index < -0.39 is 0 Å². The number of hydrogen-bond donors (Lipinski definition) is 1. The molecule has 144 valence electrons. The van der Waals surface area contributed by atoms with Crippen LogP contribution in [0.25, 0.3) is 0 Å². The van der Waals surface area contributed by atoms with Gasteiger partial charge in [-0.1, -0.05) is 12.1 Å². The van der Waals surface area contributed by atoms with Crippen molar-refractivity contribution in [1.82, 2.24) is 4.90 Å². The molecule has 0 spiro atoms. The second-order valence-electron chi connectivity index (χ2n) is 6.56. The highest BCUT2D eigenvalue weighted by atomic mass is 16.5. The van der Waals surface area contributed by atoms with Gasteiger partial charge >= 0.3 is 0 Å². The lowest BCUT2D eigenvalue weighted by atomic mass is 10.1. The second-order valence-corrected chi connectivity index (χ2v) is 6.56. The van der Waals surface area contributed by atoms with Crippen LogP contribution in [0.5, 0.6) is 11.5 Å². The maximum Gasteiger partial charge on any atom is 0.255 e. The first-order chi connectivity index (χ1) is 12.8. The quantitative estimate of drug-likeness (QED) is 0.807. The van der Waals surface area contributed by atoms with Crippen molar-refractivity contribution >= 4 is 17.5 Å². The second kappa shape index (κ2) is 9.07. The zero-order chi connectivity index (χ0) is 20.0. The lowest BCUT2D eigenvalue weighted by Gasteiger charge is -2.16. The van der Waals surface area contributed by atoms with Gasteiger partial charge in [0.25, 0.3) is 5.91 Å². The van der Waals surface area contributed by atoms with Gasteiger partial charge in [0.05, 0.1) is 13.2 Å². The molecule has 2 rings (SSSR count). The summed E-state index contributed by atoms with van der Waals surface area (Å²) in [5.74, 6) is 0.841.